The van der Waals surface area contributed by atoms with Crippen LogP contribution in [0, 0.1) is 0 Å². The first kappa shape index (κ1) is 37.8. The summed E-state index contributed by atoms with van der Waals surface area (Å²) in [6, 6.07) is 90.3. The van der Waals surface area contributed by atoms with Gasteiger partial charge in [0.1, 0.15) is 11.2 Å². The number of fused-ring (bicyclic) bond motifs is 8. The molecule has 1 aromatic heterocycles. The van der Waals surface area contributed by atoms with Crippen LogP contribution in [0.4, 0.5) is 17.1 Å². The lowest BCUT2D eigenvalue weighted by Crippen LogP contribution is -2.11. The minimum atomic E-state index is 0.876. The van der Waals surface area contributed by atoms with Crippen molar-refractivity contribution < 1.29 is 4.42 Å². The molecular weight excluding hydrogens is 799 g/mol. The van der Waals surface area contributed by atoms with Crippen LogP contribution in [0.15, 0.2) is 253 Å². The Morgan fingerprint density at radius 3 is 1.62 bits per heavy atom. The van der Waals surface area contributed by atoms with E-state index in [1.165, 1.54) is 70.9 Å². The Morgan fingerprint density at radius 2 is 0.818 bits per heavy atom. The topological polar surface area (TPSA) is 16.4 Å². The lowest BCUT2D eigenvalue weighted by atomic mass is 9.93. The van der Waals surface area contributed by atoms with Crippen LogP contribution in [-0.2, 0) is 0 Å². The Balaban J connectivity index is 0.963. The second-order valence-electron chi connectivity index (χ2n) is 17.2. The maximum absolute atomic E-state index is 6.60. The van der Waals surface area contributed by atoms with Crippen LogP contribution in [0.2, 0.25) is 0 Å². The van der Waals surface area contributed by atoms with Crippen molar-refractivity contribution in [2.45, 2.75) is 0 Å². The Kier molecular flexibility index (Phi) is 8.89. The molecule has 0 aliphatic carbocycles. The second-order valence-corrected chi connectivity index (χ2v) is 17.2. The molecule has 308 valence electrons. The van der Waals surface area contributed by atoms with Crippen molar-refractivity contribution in [1.82, 2.24) is 0 Å². The van der Waals surface area contributed by atoms with Crippen LogP contribution in [0.5, 0.6) is 0 Å². The average molecular weight is 840 g/mol. The Morgan fingerprint density at radius 1 is 0.258 bits per heavy atom. The summed E-state index contributed by atoms with van der Waals surface area (Å²) in [4.78, 5) is 2.41. The van der Waals surface area contributed by atoms with E-state index in [0.29, 0.717) is 0 Å². The molecule has 66 heavy (non-hydrogen) atoms. The maximum atomic E-state index is 6.60. The summed E-state index contributed by atoms with van der Waals surface area (Å²) >= 11 is 0. The van der Waals surface area contributed by atoms with E-state index in [-0.39, 0.29) is 0 Å². The molecule has 2 nitrogen and oxygen atoms in total. The van der Waals surface area contributed by atoms with Gasteiger partial charge in [-0.05, 0) is 143 Å². The van der Waals surface area contributed by atoms with Gasteiger partial charge in [-0.3, -0.25) is 0 Å². The second kappa shape index (κ2) is 15.5. The highest BCUT2D eigenvalue weighted by Crippen LogP contribution is 2.46. The number of hydrogen-bond donors (Lipinski definition) is 0. The van der Waals surface area contributed by atoms with Gasteiger partial charge in [0.25, 0.3) is 0 Å². The van der Waals surface area contributed by atoms with Crippen LogP contribution in [-0.4, -0.2) is 0 Å². The SMILES string of the molecule is c1cc(-c2ccc(N(c3ccc(-c4cc5ccccc5c5ccccc45)cc3)c3ccccc3-c3cccc4oc5cc6ccccc6cc5c34)cc2)cc(-c2cccc3ccccc23)c1. The van der Waals surface area contributed by atoms with Crippen LogP contribution in [0.25, 0.3) is 110 Å². The molecular formula is C64H41NO. The smallest absolute Gasteiger partial charge is 0.136 e. The zero-order chi connectivity index (χ0) is 43.6. The summed E-state index contributed by atoms with van der Waals surface area (Å²) in [5, 5.41) is 12.1. The van der Waals surface area contributed by atoms with Gasteiger partial charge in [0.15, 0.2) is 0 Å². The third-order valence-electron chi connectivity index (χ3n) is 13.4. The fraction of sp³-hybridized carbons (Fsp3) is 0. The van der Waals surface area contributed by atoms with Gasteiger partial charge in [0.2, 0.25) is 0 Å². The normalized spacial score (nSPS) is 11.6. The molecule has 0 unspecified atom stereocenters. The van der Waals surface area contributed by atoms with E-state index in [2.05, 4.69) is 254 Å². The minimum Gasteiger partial charge on any atom is -0.456 e. The van der Waals surface area contributed by atoms with Gasteiger partial charge in [-0.15, -0.1) is 0 Å². The zero-order valence-electron chi connectivity index (χ0n) is 36.0. The van der Waals surface area contributed by atoms with Gasteiger partial charge in [0.05, 0.1) is 5.69 Å². The number of para-hydroxylation sites is 1. The molecule has 0 aliphatic rings. The summed E-state index contributed by atoms with van der Waals surface area (Å²) < 4.78 is 6.60. The molecule has 0 spiro atoms. The Hall–Kier alpha value is -8.72. The van der Waals surface area contributed by atoms with Crippen molar-refractivity contribution >= 4 is 82.1 Å². The van der Waals surface area contributed by atoms with Crippen LogP contribution < -0.4 is 4.90 Å². The van der Waals surface area contributed by atoms with E-state index in [4.69, 9.17) is 4.42 Å². The molecule has 2 heteroatoms. The fourth-order valence-electron chi connectivity index (χ4n) is 10.3. The molecule has 0 fully saturated rings. The van der Waals surface area contributed by atoms with Gasteiger partial charge in [-0.2, -0.15) is 0 Å². The van der Waals surface area contributed by atoms with Crippen molar-refractivity contribution in [2.24, 2.45) is 0 Å². The molecule has 1 heterocycles. The number of hydrogen-bond acceptors (Lipinski definition) is 2. The molecule has 0 N–H and O–H groups in total. The summed E-state index contributed by atoms with van der Waals surface area (Å²) in [5.74, 6) is 0. The van der Waals surface area contributed by atoms with Crippen molar-refractivity contribution in [3.05, 3.63) is 249 Å². The van der Waals surface area contributed by atoms with Crippen molar-refractivity contribution in [2.75, 3.05) is 4.90 Å². The quantitative estimate of drug-likeness (QED) is 0.149. The first-order chi connectivity index (χ1) is 32.7. The van der Waals surface area contributed by atoms with Gasteiger partial charge in [0, 0.05) is 27.7 Å². The van der Waals surface area contributed by atoms with Crippen molar-refractivity contribution in [3.63, 3.8) is 0 Å². The van der Waals surface area contributed by atoms with Gasteiger partial charge < -0.3 is 9.32 Å². The van der Waals surface area contributed by atoms with Gasteiger partial charge >= 0.3 is 0 Å². The van der Waals surface area contributed by atoms with Crippen LogP contribution in [0.1, 0.15) is 0 Å². The molecule has 0 atom stereocenters. The third-order valence-corrected chi connectivity index (χ3v) is 13.4. The standard InChI is InChI=1S/C64H41NO/c1-2-16-47-41-63-60(39-46(47)15-1)64-58(27-13-29-62(64)66-63)57-25-9-10-28-61(57)65(51-36-32-44(33-37-51)59-40-49-17-4-6-22-54(49)55-23-7-8-24-56(55)59)50-34-30-42(31-35-50)45-19-11-20-48(38-45)53-26-12-18-43-14-3-5-21-52(43)53/h1-41H. The molecule has 0 saturated carbocycles. The fourth-order valence-corrected chi connectivity index (χ4v) is 10.3. The van der Waals surface area contributed by atoms with Gasteiger partial charge in [-0.1, -0.05) is 188 Å². The van der Waals surface area contributed by atoms with Crippen molar-refractivity contribution in [1.29, 1.82) is 0 Å². The first-order valence-electron chi connectivity index (χ1n) is 22.7. The largest absolute Gasteiger partial charge is 0.456 e. The van der Waals surface area contributed by atoms with Gasteiger partial charge in [-0.25, -0.2) is 0 Å². The number of benzene rings is 12. The Bertz CT molecular complexity index is 3990. The lowest BCUT2D eigenvalue weighted by molar-refractivity contribution is 0.669. The molecule has 13 aromatic rings. The third kappa shape index (κ3) is 6.34. The van der Waals surface area contributed by atoms with Crippen molar-refractivity contribution in [3.8, 4) is 44.5 Å². The summed E-state index contributed by atoms with van der Waals surface area (Å²) in [6.45, 7) is 0. The summed E-state index contributed by atoms with van der Waals surface area (Å²) in [6.07, 6.45) is 0. The molecule has 13 rings (SSSR count). The number of anilines is 3. The molecule has 0 saturated heterocycles. The highest BCUT2D eigenvalue weighted by molar-refractivity contribution is 6.17. The molecule has 0 aliphatic heterocycles. The van der Waals surface area contributed by atoms with E-state index in [9.17, 15) is 0 Å². The predicted octanol–water partition coefficient (Wildman–Crippen LogP) is 18.3. The molecule has 12 aromatic carbocycles. The van der Waals surface area contributed by atoms with E-state index in [1.807, 2.05) is 0 Å². The first-order valence-corrected chi connectivity index (χ1v) is 22.7. The van der Waals surface area contributed by atoms with E-state index >= 15 is 0 Å². The Labute approximate surface area is 382 Å². The highest BCUT2D eigenvalue weighted by atomic mass is 16.3. The summed E-state index contributed by atoms with van der Waals surface area (Å²) in [5.41, 5.74) is 14.4. The molecule has 0 radical (unpaired) electrons. The number of furan rings is 1. The monoisotopic (exact) mass is 839 g/mol. The van der Waals surface area contributed by atoms with E-state index < -0.39 is 0 Å². The van der Waals surface area contributed by atoms with Crippen LogP contribution >= 0.6 is 0 Å². The zero-order valence-corrected chi connectivity index (χ0v) is 36.0. The van der Waals surface area contributed by atoms with Crippen LogP contribution in [0.3, 0.4) is 0 Å². The average Bonchev–Trinajstić information content (AvgIpc) is 3.76. The predicted molar refractivity (Wildman–Crippen MR) is 280 cm³/mol. The number of nitrogens with zero attached hydrogens (tertiary/aromatic N) is 1. The van der Waals surface area contributed by atoms with E-state index in [1.54, 1.807) is 0 Å². The molecule has 0 bridgehead atoms. The minimum absolute atomic E-state index is 0.876. The number of rotatable bonds is 7. The molecule has 0 amide bonds. The highest BCUT2D eigenvalue weighted by Gasteiger charge is 2.21. The maximum Gasteiger partial charge on any atom is 0.136 e. The lowest BCUT2D eigenvalue weighted by Gasteiger charge is -2.28. The summed E-state index contributed by atoms with van der Waals surface area (Å²) in [7, 11) is 0. The van der Waals surface area contributed by atoms with E-state index in [0.717, 1.165) is 55.7 Å².